The molecule has 1 aromatic carbocycles. The van der Waals surface area contributed by atoms with E-state index in [2.05, 4.69) is 10.6 Å². The zero-order chi connectivity index (χ0) is 15.9. The molecule has 0 aliphatic heterocycles. The maximum atomic E-state index is 11.5. The van der Waals surface area contributed by atoms with Crippen molar-refractivity contribution in [2.45, 2.75) is 38.3 Å². The molecule has 120 valence electrons. The van der Waals surface area contributed by atoms with Crippen molar-refractivity contribution >= 4 is 11.8 Å². The minimum atomic E-state index is -0.0914. The molecular weight excluding hydrogens is 282 g/mol. The Morgan fingerprint density at radius 2 is 1.95 bits per heavy atom. The lowest BCUT2D eigenvalue weighted by Gasteiger charge is -2.14. The first kappa shape index (κ1) is 16.3. The average Bonchev–Trinajstić information content (AvgIpc) is 3.29. The highest BCUT2D eigenvalue weighted by Crippen LogP contribution is 2.19. The lowest BCUT2D eigenvalue weighted by molar-refractivity contribution is -0.123. The van der Waals surface area contributed by atoms with Crippen LogP contribution in [-0.2, 0) is 9.59 Å². The van der Waals surface area contributed by atoms with E-state index in [0.717, 1.165) is 18.4 Å². The fourth-order valence-corrected chi connectivity index (χ4v) is 2.03. The van der Waals surface area contributed by atoms with E-state index in [9.17, 15) is 9.59 Å². The van der Waals surface area contributed by atoms with Crippen LogP contribution in [0.15, 0.2) is 24.3 Å². The Hall–Kier alpha value is -2.08. The number of rotatable bonds is 8. The molecule has 6 nitrogen and oxygen atoms in total. The van der Waals surface area contributed by atoms with Gasteiger partial charge in [0.05, 0.1) is 6.04 Å². The molecule has 2 amide bonds. The minimum absolute atomic E-state index is 0.0264. The Kier molecular flexibility index (Phi) is 5.77. The summed E-state index contributed by atoms with van der Waals surface area (Å²) in [6.45, 7) is 2.28. The molecule has 4 N–H and O–H groups in total. The summed E-state index contributed by atoms with van der Waals surface area (Å²) < 4.78 is 5.43. The van der Waals surface area contributed by atoms with Crippen molar-refractivity contribution in [2.75, 3.05) is 13.2 Å². The number of benzene rings is 1. The number of hydrogen-bond acceptors (Lipinski definition) is 4. The van der Waals surface area contributed by atoms with Gasteiger partial charge < -0.3 is 21.1 Å². The maximum Gasteiger partial charge on any atom is 0.258 e. The van der Waals surface area contributed by atoms with Crippen LogP contribution in [0.5, 0.6) is 5.75 Å². The molecule has 0 radical (unpaired) electrons. The highest BCUT2D eigenvalue weighted by Gasteiger charge is 2.23. The van der Waals surface area contributed by atoms with E-state index < -0.39 is 0 Å². The van der Waals surface area contributed by atoms with E-state index >= 15 is 0 Å². The Labute approximate surface area is 130 Å². The van der Waals surface area contributed by atoms with Crippen LogP contribution in [0.4, 0.5) is 0 Å². The zero-order valence-corrected chi connectivity index (χ0v) is 12.8. The molecule has 1 unspecified atom stereocenters. The topological polar surface area (TPSA) is 93.5 Å². The van der Waals surface area contributed by atoms with E-state index in [1.165, 1.54) is 0 Å². The molecule has 0 aromatic heterocycles. The predicted octanol–water partition coefficient (Wildman–Crippen LogP) is 0.870. The third kappa shape index (κ3) is 5.37. The van der Waals surface area contributed by atoms with Gasteiger partial charge in [-0.05, 0) is 37.5 Å². The summed E-state index contributed by atoms with van der Waals surface area (Å²) in [6, 6.07) is 7.60. The summed E-state index contributed by atoms with van der Waals surface area (Å²) in [5.41, 5.74) is 6.32. The van der Waals surface area contributed by atoms with Crippen LogP contribution >= 0.6 is 0 Å². The fraction of sp³-hybridized carbons (Fsp3) is 0.500. The molecule has 0 bridgehead atoms. The first-order chi connectivity index (χ1) is 10.6. The first-order valence-electron chi connectivity index (χ1n) is 7.60. The quantitative estimate of drug-likeness (QED) is 0.664. The van der Waals surface area contributed by atoms with Crippen molar-refractivity contribution in [3.05, 3.63) is 29.8 Å². The van der Waals surface area contributed by atoms with Gasteiger partial charge >= 0.3 is 0 Å². The summed E-state index contributed by atoms with van der Waals surface area (Å²) in [5, 5.41) is 5.74. The number of ether oxygens (including phenoxy) is 1. The van der Waals surface area contributed by atoms with Gasteiger partial charge in [-0.2, -0.15) is 0 Å². The number of carbonyl (C=O) groups excluding carboxylic acids is 2. The van der Waals surface area contributed by atoms with Crippen LogP contribution in [0.25, 0.3) is 0 Å². The van der Waals surface area contributed by atoms with Crippen LogP contribution in [0.2, 0.25) is 0 Å². The summed E-state index contributed by atoms with van der Waals surface area (Å²) >= 11 is 0. The van der Waals surface area contributed by atoms with Gasteiger partial charge in [0.15, 0.2) is 6.61 Å². The predicted molar refractivity (Wildman–Crippen MR) is 83.3 cm³/mol. The van der Waals surface area contributed by atoms with Gasteiger partial charge in [-0.1, -0.05) is 12.1 Å². The first-order valence-corrected chi connectivity index (χ1v) is 7.60. The number of nitrogens with two attached hydrogens (primary N) is 1. The second-order valence-corrected chi connectivity index (χ2v) is 5.53. The minimum Gasteiger partial charge on any atom is -0.484 e. The van der Waals surface area contributed by atoms with E-state index in [0.29, 0.717) is 24.8 Å². The average molecular weight is 305 g/mol. The van der Waals surface area contributed by atoms with Crippen LogP contribution in [0.1, 0.15) is 37.8 Å². The molecule has 1 fully saturated rings. The van der Waals surface area contributed by atoms with Gasteiger partial charge in [-0.25, -0.2) is 0 Å². The maximum absolute atomic E-state index is 11.5. The molecule has 6 heteroatoms. The molecule has 1 aromatic rings. The molecule has 1 aliphatic carbocycles. The van der Waals surface area contributed by atoms with Crippen molar-refractivity contribution in [1.82, 2.24) is 10.6 Å². The van der Waals surface area contributed by atoms with Crippen molar-refractivity contribution in [3.63, 3.8) is 0 Å². The SMILES string of the molecule is CC(NC(=O)CCN)c1ccc(OCC(=O)NC2CC2)cc1. The lowest BCUT2D eigenvalue weighted by atomic mass is 10.1. The van der Waals surface area contributed by atoms with Crippen LogP contribution in [0, 0.1) is 0 Å². The van der Waals surface area contributed by atoms with Crippen molar-refractivity contribution in [2.24, 2.45) is 5.73 Å². The van der Waals surface area contributed by atoms with Crippen LogP contribution in [0.3, 0.4) is 0 Å². The molecule has 0 spiro atoms. The molecule has 0 saturated heterocycles. The number of nitrogens with one attached hydrogen (secondary N) is 2. The molecule has 1 saturated carbocycles. The largest absolute Gasteiger partial charge is 0.484 e. The Balaban J connectivity index is 1.78. The normalized spacial score (nSPS) is 15.0. The number of hydrogen-bond donors (Lipinski definition) is 3. The Bertz CT molecular complexity index is 512. The van der Waals surface area contributed by atoms with Crippen LogP contribution < -0.4 is 21.1 Å². The monoisotopic (exact) mass is 305 g/mol. The summed E-state index contributed by atoms with van der Waals surface area (Å²) in [7, 11) is 0. The van der Waals surface area contributed by atoms with Crippen molar-refractivity contribution < 1.29 is 14.3 Å². The van der Waals surface area contributed by atoms with Gasteiger partial charge in [0, 0.05) is 19.0 Å². The van der Waals surface area contributed by atoms with Crippen molar-refractivity contribution in [3.8, 4) is 5.75 Å². The Morgan fingerprint density at radius 3 is 2.55 bits per heavy atom. The molecule has 1 atom stereocenters. The number of carbonyl (C=O) groups is 2. The van der Waals surface area contributed by atoms with Crippen molar-refractivity contribution in [1.29, 1.82) is 0 Å². The lowest BCUT2D eigenvalue weighted by Crippen LogP contribution is -2.30. The van der Waals surface area contributed by atoms with Gasteiger partial charge in [-0.15, -0.1) is 0 Å². The van der Waals surface area contributed by atoms with Gasteiger partial charge in [0.2, 0.25) is 5.91 Å². The molecular formula is C16H23N3O3. The molecule has 22 heavy (non-hydrogen) atoms. The molecule has 1 aliphatic rings. The standard InChI is InChI=1S/C16H23N3O3/c1-11(18-15(20)8-9-17)12-2-6-14(7-3-12)22-10-16(21)19-13-4-5-13/h2-3,6-7,11,13H,4-5,8-10,17H2,1H3,(H,18,20)(H,19,21). The van der Waals surface area contributed by atoms with Gasteiger partial charge in [0.25, 0.3) is 5.91 Å². The van der Waals surface area contributed by atoms with E-state index in [1.807, 2.05) is 19.1 Å². The fourth-order valence-electron chi connectivity index (χ4n) is 2.03. The van der Waals surface area contributed by atoms with E-state index in [-0.39, 0.29) is 24.5 Å². The summed E-state index contributed by atoms with van der Waals surface area (Å²) in [6.07, 6.45) is 2.45. The second kappa shape index (κ2) is 7.79. The smallest absolute Gasteiger partial charge is 0.258 e. The molecule has 0 heterocycles. The van der Waals surface area contributed by atoms with Crippen LogP contribution in [-0.4, -0.2) is 31.0 Å². The van der Waals surface area contributed by atoms with Gasteiger partial charge in [0.1, 0.15) is 5.75 Å². The third-order valence-electron chi connectivity index (χ3n) is 3.44. The highest BCUT2D eigenvalue weighted by atomic mass is 16.5. The summed E-state index contributed by atoms with van der Waals surface area (Å²) in [4.78, 5) is 23.0. The molecule has 2 rings (SSSR count). The zero-order valence-electron chi connectivity index (χ0n) is 12.8. The Morgan fingerprint density at radius 1 is 1.27 bits per heavy atom. The third-order valence-corrected chi connectivity index (χ3v) is 3.44. The van der Waals surface area contributed by atoms with E-state index in [1.54, 1.807) is 12.1 Å². The highest BCUT2D eigenvalue weighted by molar-refractivity contribution is 5.78. The number of amides is 2. The van der Waals surface area contributed by atoms with E-state index in [4.69, 9.17) is 10.5 Å². The summed E-state index contributed by atoms with van der Waals surface area (Å²) in [5.74, 6) is 0.483. The van der Waals surface area contributed by atoms with Gasteiger partial charge in [-0.3, -0.25) is 9.59 Å². The second-order valence-electron chi connectivity index (χ2n) is 5.53.